The van der Waals surface area contributed by atoms with E-state index in [0.717, 1.165) is 38.2 Å². The van der Waals surface area contributed by atoms with E-state index in [1.807, 2.05) is 0 Å². The van der Waals surface area contributed by atoms with E-state index in [-0.39, 0.29) is 19.2 Å². The Morgan fingerprint density at radius 3 is 1.86 bits per heavy atom. The van der Waals surface area contributed by atoms with Crippen molar-refractivity contribution in [2.24, 2.45) is 5.73 Å². The third kappa shape index (κ3) is 48.8. The number of carbonyl (C=O) groups excluding carboxylic acids is 2. The predicted molar refractivity (Wildman–Crippen MR) is 147 cm³/mol. The first-order chi connectivity index (χ1) is 17.2. The standard InChI is InChI=1S/C10H19NO2.C8H19N.C6H10O3.C3H4O2/c1-4-5-6-11-7-8-13-10(12)9(2)3;1-2-3-4-5-6-7-8-9;1-2-6(8)9-5-3-4-7;1-2-3(4)5/h11H,2,4-8H2,1,3H3;2-9H2,1H3;2,7H,1,3-5H2;2H,1H2,(H,4,5). The van der Waals surface area contributed by atoms with Crippen molar-refractivity contribution in [1.82, 2.24) is 5.32 Å². The first-order valence-electron chi connectivity index (χ1n) is 12.7. The number of aliphatic carboxylic acids is 1. The molecule has 36 heavy (non-hydrogen) atoms. The van der Waals surface area contributed by atoms with Crippen molar-refractivity contribution in [3.8, 4) is 0 Å². The molecule has 0 amide bonds. The molecule has 0 aromatic carbocycles. The van der Waals surface area contributed by atoms with Crippen LogP contribution in [-0.2, 0) is 23.9 Å². The summed E-state index contributed by atoms with van der Waals surface area (Å²) in [5.74, 6) is -1.73. The van der Waals surface area contributed by atoms with Crippen molar-refractivity contribution in [3.63, 3.8) is 0 Å². The molecule has 0 radical (unpaired) electrons. The van der Waals surface area contributed by atoms with Gasteiger partial charge in [-0.25, -0.2) is 14.4 Å². The van der Waals surface area contributed by atoms with Gasteiger partial charge >= 0.3 is 17.9 Å². The highest BCUT2D eigenvalue weighted by Gasteiger charge is 2.00. The molecule has 5 N–H and O–H groups in total. The number of hydrogen-bond acceptors (Lipinski definition) is 8. The second-order valence-corrected chi connectivity index (χ2v) is 7.57. The maximum atomic E-state index is 10.9. The fourth-order valence-corrected chi connectivity index (χ4v) is 1.99. The van der Waals surface area contributed by atoms with Gasteiger partial charge in [-0.2, -0.15) is 0 Å². The van der Waals surface area contributed by atoms with Crippen molar-refractivity contribution in [1.29, 1.82) is 0 Å². The van der Waals surface area contributed by atoms with Crippen LogP contribution in [0.5, 0.6) is 0 Å². The molecule has 0 heterocycles. The lowest BCUT2D eigenvalue weighted by atomic mass is 10.1. The summed E-state index contributed by atoms with van der Waals surface area (Å²) < 4.78 is 9.40. The summed E-state index contributed by atoms with van der Waals surface area (Å²) >= 11 is 0. The number of nitrogens with one attached hydrogen (secondary N) is 1. The van der Waals surface area contributed by atoms with Gasteiger partial charge in [-0.3, -0.25) is 0 Å². The van der Waals surface area contributed by atoms with Crippen molar-refractivity contribution >= 4 is 17.9 Å². The number of rotatable bonds is 18. The number of carboxylic acids is 1. The number of hydrogen-bond donors (Lipinski definition) is 4. The Morgan fingerprint density at radius 1 is 0.861 bits per heavy atom. The minimum atomic E-state index is -0.981. The minimum Gasteiger partial charge on any atom is -0.478 e. The SMILES string of the molecule is C=C(C)C(=O)OCCNCCCC.C=CC(=O)O.C=CC(=O)OCCCO.CCCCCCCCN. The molecule has 212 valence electrons. The first kappa shape index (κ1) is 40.7. The number of ether oxygens (including phenoxy) is 2. The monoisotopic (exact) mass is 516 g/mol. The van der Waals surface area contributed by atoms with Crippen LogP contribution in [0.3, 0.4) is 0 Å². The number of carboxylic acid groups (broad SMARTS) is 1. The van der Waals surface area contributed by atoms with E-state index < -0.39 is 11.9 Å². The molecule has 0 bridgehead atoms. The van der Waals surface area contributed by atoms with Crippen molar-refractivity contribution in [2.45, 2.75) is 78.6 Å². The van der Waals surface area contributed by atoms with Crippen LogP contribution in [0.4, 0.5) is 0 Å². The smallest absolute Gasteiger partial charge is 0.333 e. The average molecular weight is 517 g/mol. The van der Waals surface area contributed by atoms with E-state index in [0.29, 0.717) is 18.6 Å². The summed E-state index contributed by atoms with van der Waals surface area (Å²) in [6, 6.07) is 0. The third-order valence-corrected chi connectivity index (χ3v) is 4.01. The molecule has 9 heteroatoms. The van der Waals surface area contributed by atoms with Gasteiger partial charge in [-0.1, -0.05) is 72.1 Å². The lowest BCUT2D eigenvalue weighted by Crippen LogP contribution is -2.22. The maximum absolute atomic E-state index is 10.9. The van der Waals surface area contributed by atoms with Gasteiger partial charge in [0.1, 0.15) is 6.61 Å². The Hall–Kier alpha value is -2.49. The largest absolute Gasteiger partial charge is 0.478 e. The molecule has 0 atom stereocenters. The second kappa shape index (κ2) is 37.1. The van der Waals surface area contributed by atoms with Gasteiger partial charge < -0.3 is 30.7 Å². The molecule has 9 nitrogen and oxygen atoms in total. The highest BCUT2D eigenvalue weighted by molar-refractivity contribution is 5.86. The molecule has 0 aromatic heterocycles. The third-order valence-electron chi connectivity index (χ3n) is 4.01. The molecule has 0 aliphatic rings. The first-order valence-corrected chi connectivity index (χ1v) is 12.7. The molecule has 0 aliphatic heterocycles. The molecule has 0 saturated heterocycles. The van der Waals surface area contributed by atoms with E-state index >= 15 is 0 Å². The number of aliphatic hydroxyl groups excluding tert-OH is 1. The molecular weight excluding hydrogens is 464 g/mol. The summed E-state index contributed by atoms with van der Waals surface area (Å²) in [6.07, 6.45) is 12.8. The zero-order valence-corrected chi connectivity index (χ0v) is 22.9. The van der Waals surface area contributed by atoms with Crippen LogP contribution in [0.1, 0.15) is 78.6 Å². The molecule has 0 fully saturated rings. The summed E-state index contributed by atoms with van der Waals surface area (Å²) in [5.41, 5.74) is 5.80. The summed E-state index contributed by atoms with van der Waals surface area (Å²) in [6.45, 7) is 19.0. The fourth-order valence-electron chi connectivity index (χ4n) is 1.99. The van der Waals surface area contributed by atoms with Crippen molar-refractivity contribution in [2.75, 3.05) is 39.5 Å². The van der Waals surface area contributed by atoms with Crippen LogP contribution in [-0.4, -0.2) is 67.6 Å². The molecule has 0 saturated carbocycles. The van der Waals surface area contributed by atoms with E-state index in [1.54, 1.807) is 6.92 Å². The molecule has 0 spiro atoms. The number of esters is 2. The zero-order chi connectivity index (χ0) is 28.5. The van der Waals surface area contributed by atoms with Crippen LogP contribution in [0.2, 0.25) is 0 Å². The van der Waals surface area contributed by atoms with Gasteiger partial charge in [0, 0.05) is 37.3 Å². The van der Waals surface area contributed by atoms with Crippen molar-refractivity contribution in [3.05, 3.63) is 37.5 Å². The summed E-state index contributed by atoms with van der Waals surface area (Å²) in [7, 11) is 0. The predicted octanol–water partition coefficient (Wildman–Crippen LogP) is 4.16. The van der Waals surface area contributed by atoms with Gasteiger partial charge in [0.2, 0.25) is 0 Å². The van der Waals surface area contributed by atoms with E-state index in [1.165, 1.54) is 44.9 Å². The van der Waals surface area contributed by atoms with Crippen LogP contribution >= 0.6 is 0 Å². The van der Waals surface area contributed by atoms with Crippen molar-refractivity contribution < 1.29 is 34.1 Å². The summed E-state index contributed by atoms with van der Waals surface area (Å²) in [5, 5.41) is 19.0. The Bertz CT molecular complexity index is 546. The molecule has 0 aromatic rings. The average Bonchev–Trinajstić information content (AvgIpc) is 2.87. The van der Waals surface area contributed by atoms with E-state index in [2.05, 4.69) is 43.6 Å². The van der Waals surface area contributed by atoms with Gasteiger partial charge in [-0.15, -0.1) is 0 Å². The summed E-state index contributed by atoms with van der Waals surface area (Å²) in [4.78, 5) is 30.4. The van der Waals surface area contributed by atoms with Crippen LogP contribution in [0.25, 0.3) is 0 Å². The molecule has 0 aliphatic carbocycles. The second-order valence-electron chi connectivity index (χ2n) is 7.57. The number of carbonyl (C=O) groups is 3. The number of nitrogens with two attached hydrogens (primary N) is 1. The lowest BCUT2D eigenvalue weighted by molar-refractivity contribution is -0.139. The topological polar surface area (TPSA) is 148 Å². The van der Waals surface area contributed by atoms with Gasteiger partial charge in [-0.05, 0) is 32.9 Å². The Balaban J connectivity index is -0.000000199. The number of aliphatic hydroxyl groups is 1. The van der Waals surface area contributed by atoms with Crippen LogP contribution in [0, 0.1) is 0 Å². The van der Waals surface area contributed by atoms with E-state index in [4.69, 9.17) is 20.7 Å². The van der Waals surface area contributed by atoms with Crippen LogP contribution in [0.15, 0.2) is 37.5 Å². The van der Waals surface area contributed by atoms with E-state index in [9.17, 15) is 14.4 Å². The van der Waals surface area contributed by atoms with Gasteiger partial charge in [0.25, 0.3) is 0 Å². The maximum Gasteiger partial charge on any atom is 0.333 e. The Labute approximate surface area is 218 Å². The normalized spacial score (nSPS) is 9.03. The molecule has 0 rings (SSSR count). The Morgan fingerprint density at radius 2 is 1.42 bits per heavy atom. The molecule has 0 unspecified atom stereocenters. The Kier molecular flexibility index (Phi) is 41.9. The highest BCUT2D eigenvalue weighted by atomic mass is 16.5. The highest BCUT2D eigenvalue weighted by Crippen LogP contribution is 2.03. The number of unbranched alkanes of at least 4 members (excludes halogenated alkanes) is 6. The van der Waals surface area contributed by atoms with Gasteiger partial charge in [0.05, 0.1) is 6.61 Å². The van der Waals surface area contributed by atoms with Crippen LogP contribution < -0.4 is 11.1 Å². The minimum absolute atomic E-state index is 0.0461. The lowest BCUT2D eigenvalue weighted by Gasteiger charge is -2.05. The fraction of sp³-hybridized carbons (Fsp3) is 0.667. The zero-order valence-electron chi connectivity index (χ0n) is 22.9. The molecular formula is C27H52N2O7. The van der Waals surface area contributed by atoms with Gasteiger partial charge in [0.15, 0.2) is 0 Å². The quantitative estimate of drug-likeness (QED) is 0.120.